The summed E-state index contributed by atoms with van der Waals surface area (Å²) in [6.45, 7) is 5.73. The smallest absolute Gasteiger partial charge is 0.338 e. The van der Waals surface area contributed by atoms with Gasteiger partial charge in [0, 0.05) is 36.1 Å². The number of para-hydroxylation sites is 1. The van der Waals surface area contributed by atoms with Gasteiger partial charge >= 0.3 is 5.97 Å². The molecule has 2 heterocycles. The van der Waals surface area contributed by atoms with E-state index in [4.69, 9.17) is 4.74 Å². The van der Waals surface area contributed by atoms with Crippen molar-refractivity contribution in [1.29, 1.82) is 0 Å². The summed E-state index contributed by atoms with van der Waals surface area (Å²) in [6, 6.07) is 16.2. The summed E-state index contributed by atoms with van der Waals surface area (Å²) in [7, 11) is 0. The molecule has 1 aliphatic rings. The average Bonchev–Trinajstić information content (AvgIpc) is 2.68. The highest BCUT2D eigenvalue weighted by Crippen LogP contribution is 2.25. The minimum Gasteiger partial charge on any atom is -0.478 e. The van der Waals surface area contributed by atoms with Gasteiger partial charge in [0.1, 0.15) is 0 Å². The maximum Gasteiger partial charge on any atom is 0.338 e. The second-order valence-corrected chi connectivity index (χ2v) is 7.60. The second-order valence-electron chi connectivity index (χ2n) is 7.60. The third-order valence-corrected chi connectivity index (χ3v) is 5.29. The van der Waals surface area contributed by atoms with E-state index in [1.54, 1.807) is 28.8 Å². The van der Waals surface area contributed by atoms with E-state index in [1.807, 2.05) is 44.2 Å². The Balaban J connectivity index is 1.98. The van der Waals surface area contributed by atoms with Crippen LogP contribution in [-0.2, 0) is 11.3 Å². The molecule has 3 aromatic rings. The van der Waals surface area contributed by atoms with Crippen LogP contribution in [0.3, 0.4) is 0 Å². The number of morpholine rings is 1. The van der Waals surface area contributed by atoms with Crippen LogP contribution in [0.25, 0.3) is 16.5 Å². The summed E-state index contributed by atoms with van der Waals surface area (Å²) in [5, 5.41) is 11.0. The molecule has 2 atom stereocenters. The van der Waals surface area contributed by atoms with E-state index < -0.39 is 5.97 Å². The summed E-state index contributed by atoms with van der Waals surface area (Å²) >= 11 is 0. The van der Waals surface area contributed by atoms with Crippen molar-refractivity contribution in [2.24, 2.45) is 0 Å². The first kappa shape index (κ1) is 19.4. The topological polar surface area (TPSA) is 71.8 Å². The molecule has 0 radical (unpaired) electrons. The summed E-state index contributed by atoms with van der Waals surface area (Å²) in [5.74, 6) is -1.03. The number of hydrogen-bond acceptors (Lipinski definition) is 4. The van der Waals surface area contributed by atoms with E-state index in [0.29, 0.717) is 41.8 Å². The van der Waals surface area contributed by atoms with Crippen LogP contribution in [0, 0.1) is 0 Å². The number of carbonyl (C=O) groups is 1. The van der Waals surface area contributed by atoms with Crippen molar-refractivity contribution in [1.82, 2.24) is 9.47 Å². The first-order valence-electron chi connectivity index (χ1n) is 9.79. The largest absolute Gasteiger partial charge is 0.478 e. The molecule has 0 aliphatic carbocycles. The molecule has 1 N–H and O–H groups in total. The van der Waals surface area contributed by atoms with E-state index in [1.165, 1.54) is 0 Å². The number of aromatic nitrogens is 1. The van der Waals surface area contributed by atoms with Gasteiger partial charge in [-0.3, -0.25) is 14.3 Å². The van der Waals surface area contributed by atoms with Gasteiger partial charge in [-0.05, 0) is 32.0 Å². The zero-order valence-corrected chi connectivity index (χ0v) is 16.5. The summed E-state index contributed by atoms with van der Waals surface area (Å²) in [4.78, 5) is 27.9. The van der Waals surface area contributed by atoms with Gasteiger partial charge in [-0.25, -0.2) is 4.79 Å². The van der Waals surface area contributed by atoms with Gasteiger partial charge in [-0.2, -0.15) is 0 Å². The number of nitrogens with zero attached hydrogens (tertiary/aromatic N) is 2. The molecule has 150 valence electrons. The lowest BCUT2D eigenvalue weighted by Gasteiger charge is -2.36. The van der Waals surface area contributed by atoms with Crippen molar-refractivity contribution in [2.45, 2.75) is 32.6 Å². The van der Waals surface area contributed by atoms with Gasteiger partial charge in [-0.1, -0.05) is 36.4 Å². The van der Waals surface area contributed by atoms with Gasteiger partial charge < -0.3 is 9.84 Å². The Morgan fingerprint density at radius 2 is 1.59 bits per heavy atom. The fourth-order valence-electron chi connectivity index (χ4n) is 4.26. The van der Waals surface area contributed by atoms with Crippen LogP contribution in [0.5, 0.6) is 0 Å². The number of rotatable bonds is 4. The lowest BCUT2D eigenvalue weighted by molar-refractivity contribution is -0.0709. The van der Waals surface area contributed by atoms with Gasteiger partial charge in [0.05, 0.1) is 23.5 Å². The Hall–Kier alpha value is -2.96. The lowest BCUT2D eigenvalue weighted by Crippen LogP contribution is -2.45. The standard InChI is InChI=1S/C23H24N2O4/c1-15-12-24(13-16(2)29-15)14-20-21(23(27)28)18-10-6-7-11-19(18)22(26)25(20)17-8-4-3-5-9-17/h3-11,15-16H,12-14H2,1-2H3,(H,27,28). The molecule has 2 unspecified atom stereocenters. The first-order chi connectivity index (χ1) is 14.0. The molecule has 0 amide bonds. The van der Waals surface area contributed by atoms with Crippen LogP contribution in [0.2, 0.25) is 0 Å². The highest BCUT2D eigenvalue weighted by atomic mass is 16.5. The Morgan fingerprint density at radius 1 is 1.00 bits per heavy atom. The molecule has 6 nitrogen and oxygen atoms in total. The maximum absolute atomic E-state index is 13.4. The fraction of sp³-hybridized carbons (Fsp3) is 0.304. The van der Waals surface area contributed by atoms with Crippen LogP contribution >= 0.6 is 0 Å². The Kier molecular flexibility index (Phi) is 5.22. The van der Waals surface area contributed by atoms with E-state index in [-0.39, 0.29) is 23.3 Å². The Labute approximate surface area is 169 Å². The fourth-order valence-corrected chi connectivity index (χ4v) is 4.26. The van der Waals surface area contributed by atoms with Gasteiger partial charge in [0.15, 0.2) is 0 Å². The average molecular weight is 392 g/mol. The van der Waals surface area contributed by atoms with Crippen molar-refractivity contribution >= 4 is 16.7 Å². The molecule has 1 aliphatic heterocycles. The third-order valence-electron chi connectivity index (χ3n) is 5.29. The molecule has 4 rings (SSSR count). The number of ether oxygens (including phenoxy) is 1. The van der Waals surface area contributed by atoms with Crippen LogP contribution in [0.4, 0.5) is 0 Å². The maximum atomic E-state index is 13.4. The highest BCUT2D eigenvalue weighted by molar-refractivity contribution is 6.04. The quantitative estimate of drug-likeness (QED) is 0.738. The Bertz CT molecular complexity index is 1100. The monoisotopic (exact) mass is 392 g/mol. The van der Waals surface area contributed by atoms with Gasteiger partial charge in [0.25, 0.3) is 5.56 Å². The molecule has 1 aromatic heterocycles. The summed E-state index contributed by atoms with van der Waals surface area (Å²) in [5.41, 5.74) is 1.13. The summed E-state index contributed by atoms with van der Waals surface area (Å²) < 4.78 is 7.37. The van der Waals surface area contributed by atoms with Crippen molar-refractivity contribution in [2.75, 3.05) is 13.1 Å². The molecule has 0 bridgehead atoms. The normalized spacial score (nSPS) is 20.1. The number of hydrogen-bond donors (Lipinski definition) is 1. The van der Waals surface area contributed by atoms with Gasteiger partial charge in [0.2, 0.25) is 0 Å². The minimum absolute atomic E-state index is 0.0457. The van der Waals surface area contributed by atoms with E-state index >= 15 is 0 Å². The van der Waals surface area contributed by atoms with Crippen LogP contribution < -0.4 is 5.56 Å². The van der Waals surface area contributed by atoms with E-state index in [0.717, 1.165) is 0 Å². The zero-order valence-electron chi connectivity index (χ0n) is 16.5. The van der Waals surface area contributed by atoms with Crippen molar-refractivity contribution < 1.29 is 14.6 Å². The zero-order chi connectivity index (χ0) is 20.5. The predicted molar refractivity (Wildman–Crippen MR) is 112 cm³/mol. The SMILES string of the molecule is CC1CN(Cc2c(C(=O)O)c3ccccc3c(=O)n2-c2ccccc2)CC(C)O1. The molecule has 2 aromatic carbocycles. The third kappa shape index (κ3) is 3.69. The predicted octanol–water partition coefficient (Wildman–Crippen LogP) is 3.30. The molecule has 29 heavy (non-hydrogen) atoms. The van der Waals surface area contributed by atoms with Crippen LogP contribution in [0.1, 0.15) is 29.9 Å². The van der Waals surface area contributed by atoms with Crippen LogP contribution in [-0.4, -0.2) is 45.8 Å². The van der Waals surface area contributed by atoms with E-state index in [2.05, 4.69) is 4.90 Å². The molecule has 1 saturated heterocycles. The molecule has 0 saturated carbocycles. The number of carboxylic acid groups (broad SMARTS) is 1. The number of pyridine rings is 1. The second kappa shape index (κ2) is 7.81. The molecule has 6 heteroatoms. The van der Waals surface area contributed by atoms with Crippen molar-refractivity contribution in [3.63, 3.8) is 0 Å². The number of aromatic carboxylic acids is 1. The minimum atomic E-state index is -1.03. The molecule has 0 spiro atoms. The van der Waals surface area contributed by atoms with Crippen LogP contribution in [0.15, 0.2) is 59.4 Å². The highest BCUT2D eigenvalue weighted by Gasteiger charge is 2.27. The molecular weight excluding hydrogens is 368 g/mol. The number of fused-ring (bicyclic) bond motifs is 1. The van der Waals surface area contributed by atoms with E-state index in [9.17, 15) is 14.7 Å². The summed E-state index contributed by atoms with van der Waals surface area (Å²) in [6.07, 6.45) is 0.0914. The van der Waals surface area contributed by atoms with Gasteiger partial charge in [-0.15, -0.1) is 0 Å². The van der Waals surface area contributed by atoms with Crippen molar-refractivity contribution in [3.05, 3.63) is 76.2 Å². The lowest BCUT2D eigenvalue weighted by atomic mass is 10.0. The Morgan fingerprint density at radius 3 is 2.21 bits per heavy atom. The number of benzene rings is 2. The molecular formula is C23H24N2O4. The first-order valence-corrected chi connectivity index (χ1v) is 9.79. The number of carboxylic acids is 1. The molecule has 1 fully saturated rings. The van der Waals surface area contributed by atoms with Crippen molar-refractivity contribution in [3.8, 4) is 5.69 Å².